The summed E-state index contributed by atoms with van der Waals surface area (Å²) < 4.78 is 7.51. The van der Waals surface area contributed by atoms with Gasteiger partial charge in [0.15, 0.2) is 5.78 Å². The third kappa shape index (κ3) is 4.74. The van der Waals surface area contributed by atoms with Gasteiger partial charge >= 0.3 is 0 Å². The molecule has 0 radical (unpaired) electrons. The number of ketones is 1. The van der Waals surface area contributed by atoms with Gasteiger partial charge in [0.05, 0.1) is 24.1 Å². The highest BCUT2D eigenvalue weighted by Crippen LogP contribution is 2.35. The van der Waals surface area contributed by atoms with Gasteiger partial charge in [-0.25, -0.2) is 9.67 Å². The Morgan fingerprint density at radius 1 is 1.33 bits per heavy atom. The Labute approximate surface area is 165 Å². The smallest absolute Gasteiger partial charge is 0.224 e. The Hall–Kier alpha value is -1.77. The summed E-state index contributed by atoms with van der Waals surface area (Å²) in [5, 5.41) is 4.56. The summed E-state index contributed by atoms with van der Waals surface area (Å²) in [4.78, 5) is 22.9. The molecule has 0 saturated carbocycles. The molecule has 0 spiro atoms. The van der Waals surface area contributed by atoms with E-state index >= 15 is 0 Å². The number of nitrogens with zero attached hydrogens (tertiary/aromatic N) is 5. The highest BCUT2D eigenvalue weighted by molar-refractivity contribution is 6.76. The number of fused-ring (bicyclic) bond motifs is 1. The number of hydrogen-bond donors (Lipinski definition) is 0. The van der Waals surface area contributed by atoms with Crippen molar-refractivity contribution < 1.29 is 9.53 Å². The summed E-state index contributed by atoms with van der Waals surface area (Å²) in [6.45, 7) is 10.1. The molecule has 0 saturated heterocycles. The van der Waals surface area contributed by atoms with E-state index in [2.05, 4.69) is 34.7 Å². The second-order valence-electron chi connectivity index (χ2n) is 8.01. The molecular formula is C18H26ClN5O2Si. The van der Waals surface area contributed by atoms with Crippen molar-refractivity contribution in [3.05, 3.63) is 29.4 Å². The molecule has 0 bridgehead atoms. The van der Waals surface area contributed by atoms with Crippen molar-refractivity contribution in [2.75, 3.05) is 11.5 Å². The lowest BCUT2D eigenvalue weighted by Gasteiger charge is -2.35. The summed E-state index contributed by atoms with van der Waals surface area (Å²) in [7, 11) is -1.11. The van der Waals surface area contributed by atoms with E-state index in [1.165, 1.54) is 0 Å². The van der Waals surface area contributed by atoms with Crippen molar-refractivity contribution in [2.24, 2.45) is 0 Å². The number of hydrogen-bond acceptors (Lipinski definition) is 6. The first-order valence-electron chi connectivity index (χ1n) is 9.22. The molecule has 1 unspecified atom stereocenters. The number of carbonyl (C=O) groups excluding carboxylic acids is 1. The molecule has 2 aromatic heterocycles. The molecule has 9 heteroatoms. The Bertz CT molecular complexity index is 820. The summed E-state index contributed by atoms with van der Waals surface area (Å²) in [6, 6.07) is 0.830. The van der Waals surface area contributed by atoms with Gasteiger partial charge in [0.2, 0.25) is 5.28 Å². The Balaban J connectivity index is 1.79. The van der Waals surface area contributed by atoms with Crippen molar-refractivity contribution in [1.82, 2.24) is 19.7 Å². The van der Waals surface area contributed by atoms with Crippen LogP contribution in [0.5, 0.6) is 0 Å². The van der Waals surface area contributed by atoms with Crippen LogP contribution in [0.2, 0.25) is 31.0 Å². The number of aromatic nitrogens is 4. The van der Waals surface area contributed by atoms with Crippen molar-refractivity contribution in [3.63, 3.8) is 0 Å². The molecule has 1 aliphatic rings. The summed E-state index contributed by atoms with van der Waals surface area (Å²) in [5.41, 5.74) is 1.59. The SMILES string of the molecule is CCC1C(=O)Cc2cnc(Cl)nc2N1c1cnn(COCC[Si](C)(C)C)c1. The first kappa shape index (κ1) is 20.0. The summed E-state index contributed by atoms with van der Waals surface area (Å²) >= 11 is 6.01. The van der Waals surface area contributed by atoms with Gasteiger partial charge in [0.1, 0.15) is 12.5 Å². The molecule has 7 nitrogen and oxygen atoms in total. The third-order valence-electron chi connectivity index (χ3n) is 4.59. The maximum Gasteiger partial charge on any atom is 0.224 e. The lowest BCUT2D eigenvalue weighted by Crippen LogP contribution is -2.43. The van der Waals surface area contributed by atoms with Crippen LogP contribution in [-0.2, 0) is 22.7 Å². The fourth-order valence-electron chi connectivity index (χ4n) is 3.10. The van der Waals surface area contributed by atoms with E-state index in [1.807, 2.05) is 18.0 Å². The predicted octanol–water partition coefficient (Wildman–Crippen LogP) is 3.68. The third-order valence-corrected chi connectivity index (χ3v) is 6.48. The molecule has 0 amide bonds. The van der Waals surface area contributed by atoms with E-state index in [1.54, 1.807) is 17.1 Å². The minimum atomic E-state index is -1.11. The molecule has 0 N–H and O–H groups in total. The molecule has 3 heterocycles. The monoisotopic (exact) mass is 407 g/mol. The van der Waals surface area contributed by atoms with Gasteiger partial charge in [-0.3, -0.25) is 4.79 Å². The predicted molar refractivity (Wildman–Crippen MR) is 108 cm³/mol. The first-order chi connectivity index (χ1) is 12.8. The topological polar surface area (TPSA) is 73.1 Å². The molecule has 1 aliphatic heterocycles. The first-order valence-corrected chi connectivity index (χ1v) is 13.3. The Kier molecular flexibility index (Phi) is 5.98. The van der Waals surface area contributed by atoms with Crippen LogP contribution in [0, 0.1) is 0 Å². The van der Waals surface area contributed by atoms with Crippen LogP contribution in [0.25, 0.3) is 0 Å². The average molecular weight is 408 g/mol. The van der Waals surface area contributed by atoms with Crippen LogP contribution in [0.15, 0.2) is 18.6 Å². The maximum atomic E-state index is 12.6. The van der Waals surface area contributed by atoms with Crippen LogP contribution in [0.3, 0.4) is 0 Å². The lowest BCUT2D eigenvalue weighted by atomic mass is 9.96. The van der Waals surface area contributed by atoms with E-state index in [4.69, 9.17) is 16.3 Å². The lowest BCUT2D eigenvalue weighted by molar-refractivity contribution is -0.120. The largest absolute Gasteiger partial charge is 0.360 e. The molecule has 0 aliphatic carbocycles. The normalized spacial score (nSPS) is 17.3. The van der Waals surface area contributed by atoms with Crippen molar-refractivity contribution in [1.29, 1.82) is 0 Å². The van der Waals surface area contributed by atoms with Crippen molar-refractivity contribution in [2.45, 2.75) is 58.2 Å². The van der Waals surface area contributed by atoms with Gasteiger partial charge in [-0.15, -0.1) is 0 Å². The molecule has 3 rings (SSSR count). The number of halogens is 1. The molecule has 146 valence electrons. The molecular weight excluding hydrogens is 382 g/mol. The van der Waals surface area contributed by atoms with E-state index in [9.17, 15) is 4.79 Å². The van der Waals surface area contributed by atoms with Gasteiger partial charge < -0.3 is 9.64 Å². The highest BCUT2D eigenvalue weighted by atomic mass is 35.5. The zero-order valence-electron chi connectivity index (χ0n) is 16.3. The number of rotatable bonds is 7. The molecule has 27 heavy (non-hydrogen) atoms. The Morgan fingerprint density at radius 2 is 2.11 bits per heavy atom. The van der Waals surface area contributed by atoms with E-state index in [-0.39, 0.29) is 17.1 Å². The van der Waals surface area contributed by atoms with Gasteiger partial charge in [-0.1, -0.05) is 26.6 Å². The van der Waals surface area contributed by atoms with Crippen LogP contribution in [0.1, 0.15) is 18.9 Å². The Morgan fingerprint density at radius 3 is 2.81 bits per heavy atom. The van der Waals surface area contributed by atoms with Crippen LogP contribution < -0.4 is 4.90 Å². The fourth-order valence-corrected chi connectivity index (χ4v) is 3.99. The van der Waals surface area contributed by atoms with Crippen LogP contribution in [0.4, 0.5) is 11.5 Å². The number of anilines is 2. The van der Waals surface area contributed by atoms with E-state index < -0.39 is 8.07 Å². The molecule has 0 fully saturated rings. The minimum Gasteiger partial charge on any atom is -0.360 e. The van der Waals surface area contributed by atoms with Crippen molar-refractivity contribution >= 4 is 37.0 Å². The molecule has 0 aromatic carbocycles. The van der Waals surface area contributed by atoms with E-state index in [0.717, 1.165) is 23.9 Å². The second-order valence-corrected chi connectivity index (χ2v) is 14.0. The van der Waals surface area contributed by atoms with Gasteiger partial charge in [-0.2, -0.15) is 10.1 Å². The van der Waals surface area contributed by atoms with E-state index in [0.29, 0.717) is 25.4 Å². The van der Waals surface area contributed by atoms with Crippen LogP contribution in [-0.4, -0.2) is 46.3 Å². The quantitative estimate of drug-likeness (QED) is 0.396. The van der Waals surface area contributed by atoms with Gasteiger partial charge in [-0.05, 0) is 24.1 Å². The summed E-state index contributed by atoms with van der Waals surface area (Å²) in [5.74, 6) is 0.829. The zero-order chi connectivity index (χ0) is 19.6. The fraction of sp³-hybridized carbons (Fsp3) is 0.556. The number of Topliss-reactive ketones (excluding diaryl/α,β-unsaturated/α-hetero) is 1. The second kappa shape index (κ2) is 8.08. The van der Waals surface area contributed by atoms with Gasteiger partial charge in [0.25, 0.3) is 0 Å². The molecule has 2 aromatic rings. The maximum absolute atomic E-state index is 12.6. The zero-order valence-corrected chi connectivity index (χ0v) is 18.0. The minimum absolute atomic E-state index is 0.148. The van der Waals surface area contributed by atoms with Crippen molar-refractivity contribution in [3.8, 4) is 0 Å². The van der Waals surface area contributed by atoms with Gasteiger partial charge in [0, 0.05) is 32.9 Å². The molecule has 1 atom stereocenters. The standard InChI is InChI=1S/C18H26ClN5O2Si/c1-5-15-16(25)8-13-9-20-18(19)22-17(13)24(15)14-10-21-23(11-14)12-26-6-7-27(2,3)4/h9-11,15H,5-8,12H2,1-4H3. The highest BCUT2D eigenvalue weighted by Gasteiger charge is 2.35. The number of ether oxygens (including phenoxy) is 1. The summed E-state index contributed by atoms with van der Waals surface area (Å²) in [6.07, 6.45) is 6.26. The average Bonchev–Trinajstić information content (AvgIpc) is 3.05. The van der Waals surface area contributed by atoms with Crippen LogP contribution >= 0.6 is 11.6 Å². The number of carbonyl (C=O) groups is 1.